The maximum atomic E-state index is 10.7. The first-order valence-corrected chi connectivity index (χ1v) is 10.0. The van der Waals surface area contributed by atoms with Crippen LogP contribution in [0.2, 0.25) is 0 Å². The van der Waals surface area contributed by atoms with Crippen molar-refractivity contribution in [1.82, 2.24) is 0 Å². The summed E-state index contributed by atoms with van der Waals surface area (Å²) in [6.07, 6.45) is 0.0135. The largest absolute Gasteiger partial charge is 0.504 e. The lowest BCUT2D eigenvalue weighted by Gasteiger charge is -2.13. The Bertz CT molecular complexity index is 953. The number of ether oxygens (including phenoxy) is 1. The molecule has 160 valence electrons. The van der Waals surface area contributed by atoms with Gasteiger partial charge in [-0.25, -0.2) is 0 Å². The molecule has 2 atom stereocenters. The Balaban J connectivity index is 2.08. The van der Waals surface area contributed by atoms with E-state index in [1.54, 1.807) is 18.2 Å². The molecular formula is C21H22INO7. The van der Waals surface area contributed by atoms with E-state index in [4.69, 9.17) is 4.74 Å². The number of aliphatic hydroxyl groups is 3. The van der Waals surface area contributed by atoms with Gasteiger partial charge in [-0.2, -0.15) is 0 Å². The van der Waals surface area contributed by atoms with E-state index in [-0.39, 0.29) is 36.6 Å². The molecule has 2 aromatic carbocycles. The van der Waals surface area contributed by atoms with Crippen LogP contribution in [0.5, 0.6) is 11.5 Å². The molecule has 0 aliphatic carbocycles. The standard InChI is InChI=1S/C21H22INO7/c1-30-20-11-15(10-17(22)21(20)27)18(25)4-2-3-13(12-24)9-19(26)14-5-7-16(8-6-14)23(28)29/h2,5-8,10-11,18-19,24-27H,4,9,12H2,1H3/t3?,18-,19-/m1/s1. The molecule has 0 spiro atoms. The highest BCUT2D eigenvalue weighted by atomic mass is 127. The third kappa shape index (κ3) is 6.28. The van der Waals surface area contributed by atoms with Crippen molar-refractivity contribution in [3.05, 3.63) is 78.6 Å². The summed E-state index contributed by atoms with van der Waals surface area (Å²) in [5.41, 5.74) is 4.28. The molecule has 0 aliphatic heterocycles. The SMILES string of the molecule is COc1cc([C@H](O)CC=C=C(CO)C[C@@H](O)c2ccc([N+](=O)[O-])cc2)cc(I)c1O. The van der Waals surface area contributed by atoms with E-state index >= 15 is 0 Å². The summed E-state index contributed by atoms with van der Waals surface area (Å²) in [6, 6.07) is 8.73. The molecule has 2 aromatic rings. The van der Waals surface area contributed by atoms with E-state index in [0.717, 1.165) is 0 Å². The van der Waals surface area contributed by atoms with Gasteiger partial charge in [0.15, 0.2) is 11.5 Å². The summed E-state index contributed by atoms with van der Waals surface area (Å²) in [6.45, 7) is -0.332. The summed E-state index contributed by atoms with van der Waals surface area (Å²) < 4.78 is 5.63. The van der Waals surface area contributed by atoms with Crippen molar-refractivity contribution in [2.45, 2.75) is 25.0 Å². The molecule has 0 aliphatic rings. The van der Waals surface area contributed by atoms with Gasteiger partial charge in [0.1, 0.15) is 0 Å². The van der Waals surface area contributed by atoms with Crippen LogP contribution >= 0.6 is 22.6 Å². The second kappa shape index (κ2) is 11.1. The second-order valence-corrected chi connectivity index (χ2v) is 7.65. The fourth-order valence-corrected chi connectivity index (χ4v) is 3.36. The molecule has 0 amide bonds. The first-order valence-electron chi connectivity index (χ1n) is 8.97. The van der Waals surface area contributed by atoms with Crippen molar-refractivity contribution in [2.24, 2.45) is 0 Å². The molecule has 0 unspecified atom stereocenters. The number of nitro benzene ring substituents is 1. The summed E-state index contributed by atoms with van der Waals surface area (Å²) >= 11 is 1.94. The fourth-order valence-electron chi connectivity index (χ4n) is 2.73. The average Bonchev–Trinajstić information content (AvgIpc) is 2.74. The van der Waals surface area contributed by atoms with Crippen LogP contribution in [0.1, 0.15) is 36.2 Å². The number of nitrogens with zero attached hydrogens (tertiary/aromatic N) is 1. The molecule has 30 heavy (non-hydrogen) atoms. The number of aliphatic hydroxyl groups excluding tert-OH is 3. The molecule has 4 N–H and O–H groups in total. The average molecular weight is 527 g/mol. The number of hydrogen-bond donors (Lipinski definition) is 4. The van der Waals surface area contributed by atoms with E-state index in [2.05, 4.69) is 5.73 Å². The number of benzene rings is 2. The van der Waals surface area contributed by atoms with Crippen LogP contribution in [-0.2, 0) is 0 Å². The zero-order valence-corrected chi connectivity index (χ0v) is 18.3. The topological polar surface area (TPSA) is 133 Å². The van der Waals surface area contributed by atoms with E-state index in [1.165, 1.54) is 31.4 Å². The quantitative estimate of drug-likeness (QED) is 0.170. The number of rotatable bonds is 9. The van der Waals surface area contributed by atoms with Crippen molar-refractivity contribution >= 4 is 28.3 Å². The van der Waals surface area contributed by atoms with Gasteiger partial charge in [0.25, 0.3) is 5.69 Å². The summed E-state index contributed by atoms with van der Waals surface area (Å²) in [5, 5.41) is 50.8. The zero-order chi connectivity index (χ0) is 22.3. The van der Waals surface area contributed by atoms with Gasteiger partial charge in [-0.15, -0.1) is 5.73 Å². The van der Waals surface area contributed by atoms with Gasteiger partial charge in [-0.05, 0) is 69.6 Å². The van der Waals surface area contributed by atoms with Crippen molar-refractivity contribution < 1.29 is 30.1 Å². The number of methoxy groups -OCH3 is 1. The Morgan fingerprint density at radius 2 is 1.90 bits per heavy atom. The summed E-state index contributed by atoms with van der Waals surface area (Å²) in [4.78, 5) is 10.2. The third-order valence-corrected chi connectivity index (χ3v) is 5.24. The number of aromatic hydroxyl groups is 1. The Morgan fingerprint density at radius 1 is 1.23 bits per heavy atom. The molecule has 0 saturated heterocycles. The highest BCUT2D eigenvalue weighted by Gasteiger charge is 2.14. The molecule has 0 heterocycles. The lowest BCUT2D eigenvalue weighted by atomic mass is 10.0. The van der Waals surface area contributed by atoms with Crippen LogP contribution in [-0.4, -0.2) is 39.1 Å². The van der Waals surface area contributed by atoms with Crippen molar-refractivity contribution in [1.29, 1.82) is 0 Å². The number of non-ortho nitro benzene ring substituents is 1. The number of halogens is 1. The minimum Gasteiger partial charge on any atom is -0.504 e. The van der Waals surface area contributed by atoms with E-state index in [9.17, 15) is 30.5 Å². The summed E-state index contributed by atoms with van der Waals surface area (Å²) in [7, 11) is 1.42. The van der Waals surface area contributed by atoms with Crippen LogP contribution in [0, 0.1) is 13.7 Å². The van der Waals surface area contributed by atoms with Crippen LogP contribution in [0.15, 0.2) is 53.8 Å². The van der Waals surface area contributed by atoms with Gasteiger partial charge in [0.05, 0.1) is 34.4 Å². The minimum absolute atomic E-state index is 0.00675. The van der Waals surface area contributed by atoms with Crippen LogP contribution in [0.25, 0.3) is 0 Å². The Labute approximate surface area is 187 Å². The summed E-state index contributed by atoms with van der Waals surface area (Å²) in [5.74, 6) is 0.269. The maximum Gasteiger partial charge on any atom is 0.269 e. The molecule has 9 heteroatoms. The normalized spacial score (nSPS) is 12.6. The predicted octanol–water partition coefficient (Wildman–Crippen LogP) is 3.53. The molecule has 0 bridgehead atoms. The first-order chi connectivity index (χ1) is 14.3. The highest BCUT2D eigenvalue weighted by molar-refractivity contribution is 14.1. The predicted molar refractivity (Wildman–Crippen MR) is 118 cm³/mol. The zero-order valence-electron chi connectivity index (χ0n) is 16.2. The Kier molecular flexibility index (Phi) is 8.82. The molecular weight excluding hydrogens is 505 g/mol. The molecule has 8 nitrogen and oxygen atoms in total. The van der Waals surface area contributed by atoms with Crippen LogP contribution in [0.3, 0.4) is 0 Å². The van der Waals surface area contributed by atoms with Gasteiger partial charge in [0.2, 0.25) is 0 Å². The monoisotopic (exact) mass is 527 g/mol. The van der Waals surface area contributed by atoms with Gasteiger partial charge in [-0.3, -0.25) is 10.1 Å². The van der Waals surface area contributed by atoms with E-state index < -0.39 is 17.1 Å². The number of phenolic OH excluding ortho intramolecular Hbond substituents is 1. The maximum absolute atomic E-state index is 10.7. The van der Waals surface area contributed by atoms with Crippen molar-refractivity contribution in [3.8, 4) is 11.5 Å². The number of hydrogen-bond acceptors (Lipinski definition) is 7. The van der Waals surface area contributed by atoms with Crippen molar-refractivity contribution in [3.63, 3.8) is 0 Å². The fraction of sp³-hybridized carbons (Fsp3) is 0.286. The highest BCUT2D eigenvalue weighted by Crippen LogP contribution is 2.35. The minimum atomic E-state index is -0.957. The molecule has 0 radical (unpaired) electrons. The van der Waals surface area contributed by atoms with Gasteiger partial charge < -0.3 is 25.2 Å². The first kappa shape index (κ1) is 23.8. The van der Waals surface area contributed by atoms with Gasteiger partial charge in [-0.1, -0.05) is 0 Å². The molecule has 0 aromatic heterocycles. The van der Waals surface area contributed by atoms with E-state index in [1.807, 2.05) is 22.6 Å². The lowest BCUT2D eigenvalue weighted by Crippen LogP contribution is -2.02. The van der Waals surface area contributed by atoms with E-state index in [0.29, 0.717) is 20.3 Å². The smallest absolute Gasteiger partial charge is 0.269 e. The van der Waals surface area contributed by atoms with Gasteiger partial charge in [0, 0.05) is 25.0 Å². The second-order valence-electron chi connectivity index (χ2n) is 6.48. The van der Waals surface area contributed by atoms with Crippen molar-refractivity contribution in [2.75, 3.05) is 13.7 Å². The Morgan fingerprint density at radius 3 is 2.47 bits per heavy atom. The van der Waals surface area contributed by atoms with Gasteiger partial charge >= 0.3 is 0 Å². The third-order valence-electron chi connectivity index (χ3n) is 4.42. The molecule has 0 fully saturated rings. The molecule has 2 rings (SSSR count). The Hall–Kier alpha value is -2.43. The van der Waals surface area contributed by atoms with Crippen LogP contribution < -0.4 is 4.74 Å². The molecule has 0 saturated carbocycles. The number of nitro groups is 1. The number of phenols is 1. The lowest BCUT2D eigenvalue weighted by molar-refractivity contribution is -0.384. The van der Waals surface area contributed by atoms with Crippen LogP contribution in [0.4, 0.5) is 5.69 Å².